The normalized spacial score (nSPS) is 12.1. The molecule has 0 radical (unpaired) electrons. The summed E-state index contributed by atoms with van der Waals surface area (Å²) in [5.74, 6) is -0.333. The first kappa shape index (κ1) is 17.2. The smallest absolute Gasteiger partial charge is 0.270 e. The van der Waals surface area contributed by atoms with Gasteiger partial charge in [-0.25, -0.2) is 4.98 Å². The number of para-hydroxylation sites is 1. The zero-order valence-corrected chi connectivity index (χ0v) is 14.4. The van der Waals surface area contributed by atoms with Crippen molar-refractivity contribution in [1.82, 2.24) is 24.6 Å². The van der Waals surface area contributed by atoms with Crippen LogP contribution in [0, 0.1) is 0 Å². The van der Waals surface area contributed by atoms with E-state index < -0.39 is 6.04 Å². The SMILES string of the molecule is Cn1cc(CC(CO)NC(=O)c2cncn2-c2ccccc2Cl)cn1. The Bertz CT molecular complexity index is 873. The number of rotatable bonds is 6. The largest absolute Gasteiger partial charge is 0.394 e. The van der Waals surface area contributed by atoms with Crippen molar-refractivity contribution in [3.63, 3.8) is 0 Å². The maximum Gasteiger partial charge on any atom is 0.270 e. The molecule has 8 heteroatoms. The van der Waals surface area contributed by atoms with Gasteiger partial charge in [0.15, 0.2) is 0 Å². The van der Waals surface area contributed by atoms with E-state index in [1.807, 2.05) is 25.4 Å². The van der Waals surface area contributed by atoms with Crippen LogP contribution < -0.4 is 5.32 Å². The van der Waals surface area contributed by atoms with Crippen LogP contribution in [0.4, 0.5) is 0 Å². The van der Waals surface area contributed by atoms with Crippen LogP contribution in [0.2, 0.25) is 5.02 Å². The summed E-state index contributed by atoms with van der Waals surface area (Å²) in [7, 11) is 1.82. The summed E-state index contributed by atoms with van der Waals surface area (Å²) in [6.07, 6.45) is 7.05. The van der Waals surface area contributed by atoms with Crippen LogP contribution in [0.3, 0.4) is 0 Å². The van der Waals surface area contributed by atoms with E-state index in [1.54, 1.807) is 27.6 Å². The van der Waals surface area contributed by atoms with Crippen LogP contribution in [-0.4, -0.2) is 43.0 Å². The highest BCUT2D eigenvalue weighted by Crippen LogP contribution is 2.21. The third-order valence-corrected chi connectivity index (χ3v) is 4.10. The third kappa shape index (κ3) is 3.89. The van der Waals surface area contributed by atoms with E-state index in [2.05, 4.69) is 15.4 Å². The summed E-state index contributed by atoms with van der Waals surface area (Å²) >= 11 is 6.21. The molecule has 0 aliphatic heterocycles. The second-order valence-corrected chi connectivity index (χ2v) is 6.09. The van der Waals surface area contributed by atoms with Crippen molar-refractivity contribution in [2.45, 2.75) is 12.5 Å². The van der Waals surface area contributed by atoms with Crippen LogP contribution in [0.25, 0.3) is 5.69 Å². The molecule has 2 heterocycles. The number of benzene rings is 1. The predicted octanol–water partition coefficient (Wildman–Crippen LogP) is 1.59. The van der Waals surface area contributed by atoms with Gasteiger partial charge in [0.05, 0.1) is 42.1 Å². The van der Waals surface area contributed by atoms with Gasteiger partial charge in [-0.15, -0.1) is 0 Å². The van der Waals surface area contributed by atoms with Crippen LogP contribution in [0.1, 0.15) is 16.1 Å². The number of nitrogens with one attached hydrogen (secondary N) is 1. The van der Waals surface area contributed by atoms with Gasteiger partial charge in [-0.3, -0.25) is 14.0 Å². The Hall–Kier alpha value is -2.64. The number of aryl methyl sites for hydroxylation is 1. The Morgan fingerprint density at radius 1 is 1.36 bits per heavy atom. The molecule has 1 aromatic carbocycles. The van der Waals surface area contributed by atoms with Crippen molar-refractivity contribution in [1.29, 1.82) is 0 Å². The average Bonchev–Trinajstić information content (AvgIpc) is 3.23. The van der Waals surface area contributed by atoms with Gasteiger partial charge in [-0.2, -0.15) is 5.10 Å². The van der Waals surface area contributed by atoms with Crippen molar-refractivity contribution < 1.29 is 9.90 Å². The number of nitrogens with zero attached hydrogens (tertiary/aromatic N) is 4. The van der Waals surface area contributed by atoms with Gasteiger partial charge in [0.25, 0.3) is 5.91 Å². The Morgan fingerprint density at radius 3 is 2.84 bits per heavy atom. The van der Waals surface area contributed by atoms with Crippen LogP contribution in [0.15, 0.2) is 49.2 Å². The second kappa shape index (κ2) is 7.50. The van der Waals surface area contributed by atoms with Crippen LogP contribution >= 0.6 is 11.6 Å². The number of carbonyl (C=O) groups excluding carboxylic acids is 1. The molecule has 25 heavy (non-hydrogen) atoms. The lowest BCUT2D eigenvalue weighted by Gasteiger charge is -2.16. The molecule has 1 atom stereocenters. The summed E-state index contributed by atoms with van der Waals surface area (Å²) in [5.41, 5.74) is 1.94. The standard InChI is InChI=1S/C17H18ClN5O2/c1-22-9-12(7-20-22)6-13(10-24)21-17(25)16-8-19-11-23(16)15-5-3-2-4-14(15)18/h2-5,7-9,11,13,24H,6,10H2,1H3,(H,21,25). The highest BCUT2D eigenvalue weighted by molar-refractivity contribution is 6.32. The molecule has 0 fully saturated rings. The Balaban J connectivity index is 1.77. The maximum atomic E-state index is 12.6. The minimum Gasteiger partial charge on any atom is -0.394 e. The molecule has 2 N–H and O–H groups in total. The average molecular weight is 360 g/mol. The number of carbonyl (C=O) groups is 1. The molecule has 1 unspecified atom stereocenters. The summed E-state index contributed by atoms with van der Waals surface area (Å²) in [5, 5.41) is 17.0. The first-order valence-corrected chi connectivity index (χ1v) is 8.12. The van der Waals surface area contributed by atoms with Gasteiger partial charge < -0.3 is 10.4 Å². The lowest BCUT2D eigenvalue weighted by molar-refractivity contribution is 0.0909. The van der Waals surface area contributed by atoms with Crippen molar-refractivity contribution in [2.75, 3.05) is 6.61 Å². The van der Waals surface area contributed by atoms with E-state index in [0.717, 1.165) is 5.56 Å². The zero-order valence-electron chi connectivity index (χ0n) is 13.6. The first-order valence-electron chi connectivity index (χ1n) is 7.75. The fourth-order valence-corrected chi connectivity index (χ4v) is 2.81. The Labute approximate surface area is 149 Å². The lowest BCUT2D eigenvalue weighted by Crippen LogP contribution is -2.39. The third-order valence-electron chi connectivity index (χ3n) is 3.78. The van der Waals surface area contributed by atoms with Gasteiger partial charge >= 0.3 is 0 Å². The minimum absolute atomic E-state index is 0.180. The predicted molar refractivity (Wildman–Crippen MR) is 93.8 cm³/mol. The lowest BCUT2D eigenvalue weighted by atomic mass is 10.1. The number of hydrogen-bond acceptors (Lipinski definition) is 4. The molecule has 0 aliphatic carbocycles. The molecular weight excluding hydrogens is 342 g/mol. The number of aliphatic hydroxyl groups excluding tert-OH is 1. The number of halogens is 1. The Morgan fingerprint density at radius 2 is 2.16 bits per heavy atom. The zero-order chi connectivity index (χ0) is 17.8. The van der Waals surface area contributed by atoms with Crippen molar-refractivity contribution in [3.8, 4) is 5.69 Å². The van der Waals surface area contributed by atoms with Gasteiger partial charge in [0.1, 0.15) is 5.69 Å². The van der Waals surface area contributed by atoms with E-state index in [1.165, 1.54) is 12.5 Å². The monoisotopic (exact) mass is 359 g/mol. The quantitative estimate of drug-likeness (QED) is 0.700. The van der Waals surface area contributed by atoms with Gasteiger partial charge in [-0.05, 0) is 24.1 Å². The number of aromatic nitrogens is 4. The fraction of sp³-hybridized carbons (Fsp3) is 0.235. The molecule has 0 saturated carbocycles. The summed E-state index contributed by atoms with van der Waals surface area (Å²) in [4.78, 5) is 16.7. The molecule has 130 valence electrons. The van der Waals surface area contributed by atoms with E-state index in [9.17, 15) is 9.90 Å². The second-order valence-electron chi connectivity index (χ2n) is 5.68. The van der Waals surface area contributed by atoms with Crippen LogP contribution in [-0.2, 0) is 13.5 Å². The van der Waals surface area contributed by atoms with Gasteiger partial charge in [0, 0.05) is 13.2 Å². The van der Waals surface area contributed by atoms with Crippen molar-refractivity contribution in [2.24, 2.45) is 7.05 Å². The summed E-state index contributed by atoms with van der Waals surface area (Å²) in [6.45, 7) is -0.180. The number of hydrogen-bond donors (Lipinski definition) is 2. The number of amides is 1. The molecule has 0 bridgehead atoms. The van der Waals surface area contributed by atoms with Crippen LogP contribution in [0.5, 0.6) is 0 Å². The molecule has 0 saturated heterocycles. The molecule has 0 aliphatic rings. The van der Waals surface area contributed by atoms with Crippen molar-refractivity contribution >= 4 is 17.5 Å². The van der Waals surface area contributed by atoms with E-state index >= 15 is 0 Å². The van der Waals surface area contributed by atoms with E-state index in [-0.39, 0.29) is 12.5 Å². The van der Waals surface area contributed by atoms with Gasteiger partial charge in [0.2, 0.25) is 0 Å². The molecular formula is C17H18ClN5O2. The highest BCUT2D eigenvalue weighted by Gasteiger charge is 2.19. The maximum absolute atomic E-state index is 12.6. The molecule has 3 rings (SSSR count). The number of imidazole rings is 1. The number of aliphatic hydroxyl groups is 1. The molecule has 3 aromatic rings. The minimum atomic E-state index is -0.425. The fourth-order valence-electron chi connectivity index (χ4n) is 2.58. The van der Waals surface area contributed by atoms with Crippen molar-refractivity contribution in [3.05, 3.63) is 65.5 Å². The first-order chi connectivity index (χ1) is 12.1. The topological polar surface area (TPSA) is 85.0 Å². The summed E-state index contributed by atoms with van der Waals surface area (Å²) in [6, 6.07) is 6.78. The van der Waals surface area contributed by atoms with Gasteiger partial charge in [-0.1, -0.05) is 23.7 Å². The molecule has 2 aromatic heterocycles. The van der Waals surface area contributed by atoms with E-state index in [0.29, 0.717) is 22.8 Å². The molecule has 7 nitrogen and oxygen atoms in total. The Kier molecular flexibility index (Phi) is 5.16. The summed E-state index contributed by atoms with van der Waals surface area (Å²) < 4.78 is 3.30. The highest BCUT2D eigenvalue weighted by atomic mass is 35.5. The molecule has 1 amide bonds. The molecule has 0 spiro atoms. The van der Waals surface area contributed by atoms with E-state index in [4.69, 9.17) is 11.6 Å².